The van der Waals surface area contributed by atoms with E-state index in [0.717, 1.165) is 12.1 Å². The molecule has 1 saturated heterocycles. The second-order valence-electron chi connectivity index (χ2n) is 11.4. The molecule has 0 bridgehead atoms. The summed E-state index contributed by atoms with van der Waals surface area (Å²) in [6, 6.07) is 14.5. The molecule has 12 heteroatoms. The van der Waals surface area contributed by atoms with Gasteiger partial charge in [0.15, 0.2) is 11.5 Å². The molecule has 0 radical (unpaired) electrons. The van der Waals surface area contributed by atoms with Crippen molar-refractivity contribution in [3.05, 3.63) is 106 Å². The number of carboxylic acid groups (broad SMARTS) is 1. The predicted molar refractivity (Wildman–Crippen MR) is 161 cm³/mol. The minimum Gasteiger partial charge on any atom is -0.496 e. The molecule has 1 fully saturated rings. The van der Waals surface area contributed by atoms with E-state index in [2.05, 4.69) is 5.32 Å². The van der Waals surface area contributed by atoms with Crippen molar-refractivity contribution in [3.63, 3.8) is 0 Å². The fourth-order valence-corrected chi connectivity index (χ4v) is 6.88. The number of carbonyl (C=O) groups excluding carboxylic acids is 2. The molecular weight excluding hydrogens is 616 g/mol. The Balaban J connectivity index is 1.40. The number of hydrogen-bond donors (Lipinski definition) is 2. The highest BCUT2D eigenvalue weighted by Gasteiger charge is 2.53. The Kier molecular flexibility index (Phi) is 7.42. The summed E-state index contributed by atoms with van der Waals surface area (Å²) in [4.78, 5) is 38.9. The standard InChI is InChI=1S/C35H27F2NO9/c1-43-27-9-17(10-28(44-2)30(27)21-11-19(37)7-8-20(21)34(40)41)29-22-12-25-26(47-15-46-25)13-23(22)32(31-24(29)14-45-35(31)42)38-33(39)16-3-5-18(36)6-4-16/h3-13,24,29,31-32H,14-15H2,1-2H3,(H,38,39)(H,40,41)/t24-,29+,31+,32+/m0/s1. The largest absolute Gasteiger partial charge is 0.496 e. The van der Waals surface area contributed by atoms with Gasteiger partial charge >= 0.3 is 11.9 Å². The summed E-state index contributed by atoms with van der Waals surface area (Å²) in [5.41, 5.74) is 2.29. The molecule has 4 aromatic carbocycles. The number of carbonyl (C=O) groups is 3. The highest BCUT2D eigenvalue weighted by Crippen LogP contribution is 2.55. The molecule has 2 aliphatic heterocycles. The molecule has 10 nitrogen and oxygen atoms in total. The van der Waals surface area contributed by atoms with Crippen LogP contribution in [0.5, 0.6) is 23.0 Å². The molecule has 2 N–H and O–H groups in total. The zero-order chi connectivity index (χ0) is 33.0. The Morgan fingerprint density at radius 3 is 2.13 bits per heavy atom. The summed E-state index contributed by atoms with van der Waals surface area (Å²) in [6.45, 7) is 0.0185. The molecule has 47 heavy (non-hydrogen) atoms. The van der Waals surface area contributed by atoms with E-state index in [1.165, 1.54) is 44.6 Å². The van der Waals surface area contributed by atoms with Gasteiger partial charge in [0.1, 0.15) is 23.1 Å². The number of esters is 1. The van der Waals surface area contributed by atoms with Crippen molar-refractivity contribution in [2.24, 2.45) is 11.8 Å². The third-order valence-corrected chi connectivity index (χ3v) is 8.95. The Labute approximate surface area is 266 Å². The summed E-state index contributed by atoms with van der Waals surface area (Å²) in [5, 5.41) is 12.8. The van der Waals surface area contributed by atoms with Crippen LogP contribution in [0.15, 0.2) is 66.7 Å². The fourth-order valence-electron chi connectivity index (χ4n) is 6.88. The van der Waals surface area contributed by atoms with Gasteiger partial charge in [-0.15, -0.1) is 0 Å². The van der Waals surface area contributed by atoms with Crippen LogP contribution in [0.4, 0.5) is 8.78 Å². The van der Waals surface area contributed by atoms with Crippen LogP contribution in [0.1, 0.15) is 49.4 Å². The lowest BCUT2D eigenvalue weighted by atomic mass is 9.65. The van der Waals surface area contributed by atoms with Crippen molar-refractivity contribution in [1.29, 1.82) is 0 Å². The Morgan fingerprint density at radius 1 is 0.851 bits per heavy atom. The van der Waals surface area contributed by atoms with Crippen LogP contribution >= 0.6 is 0 Å². The van der Waals surface area contributed by atoms with Crippen molar-refractivity contribution in [3.8, 4) is 34.1 Å². The van der Waals surface area contributed by atoms with E-state index >= 15 is 0 Å². The van der Waals surface area contributed by atoms with Crippen LogP contribution in [0.25, 0.3) is 11.1 Å². The summed E-state index contributed by atoms with van der Waals surface area (Å²) in [7, 11) is 2.81. The third kappa shape index (κ3) is 5.05. The maximum absolute atomic E-state index is 14.5. The number of ether oxygens (including phenoxy) is 5. The summed E-state index contributed by atoms with van der Waals surface area (Å²) < 4.78 is 56.5. The molecule has 1 amide bonds. The number of cyclic esters (lactones) is 1. The molecule has 3 aliphatic rings. The molecule has 0 saturated carbocycles. The number of halogens is 2. The van der Waals surface area contributed by atoms with Gasteiger partial charge in [-0.2, -0.15) is 0 Å². The minimum absolute atomic E-state index is 0.0136. The molecule has 240 valence electrons. The number of carboxylic acids is 1. The Morgan fingerprint density at radius 2 is 1.49 bits per heavy atom. The first-order valence-electron chi connectivity index (χ1n) is 14.6. The van der Waals surface area contributed by atoms with E-state index < -0.39 is 53.3 Å². The van der Waals surface area contributed by atoms with Crippen LogP contribution in [0, 0.1) is 23.5 Å². The first-order chi connectivity index (χ1) is 22.7. The Bertz CT molecular complexity index is 1920. The van der Waals surface area contributed by atoms with Gasteiger partial charge in [-0.1, -0.05) is 0 Å². The first kappa shape index (κ1) is 30.0. The van der Waals surface area contributed by atoms with Crippen molar-refractivity contribution in [1.82, 2.24) is 5.32 Å². The molecule has 0 spiro atoms. The molecule has 1 aliphatic carbocycles. The fraction of sp³-hybridized carbons (Fsp3) is 0.229. The topological polar surface area (TPSA) is 130 Å². The van der Waals surface area contributed by atoms with E-state index in [0.29, 0.717) is 28.2 Å². The van der Waals surface area contributed by atoms with Gasteiger partial charge in [0.05, 0.1) is 43.9 Å². The quantitative estimate of drug-likeness (QED) is 0.252. The number of methoxy groups -OCH3 is 2. The van der Waals surface area contributed by atoms with E-state index in [1.807, 2.05) is 0 Å². The van der Waals surface area contributed by atoms with Crippen LogP contribution < -0.4 is 24.3 Å². The van der Waals surface area contributed by atoms with Crippen molar-refractivity contribution < 1.29 is 52.0 Å². The van der Waals surface area contributed by atoms with Crippen LogP contribution in [-0.2, 0) is 9.53 Å². The molecule has 7 rings (SSSR count). The second kappa shape index (κ2) is 11.6. The van der Waals surface area contributed by atoms with Gasteiger partial charge in [0, 0.05) is 23.0 Å². The monoisotopic (exact) mass is 643 g/mol. The van der Waals surface area contributed by atoms with Crippen molar-refractivity contribution >= 4 is 17.8 Å². The lowest BCUT2D eigenvalue weighted by molar-refractivity contribution is -0.142. The molecule has 2 heterocycles. The predicted octanol–water partition coefficient (Wildman–Crippen LogP) is 5.48. The number of fused-ring (bicyclic) bond motifs is 3. The molecule has 4 aromatic rings. The molecular formula is C35H27F2NO9. The SMILES string of the molecule is COc1cc([C@@H]2c3cc4c(cc3[C@@H](NC(=O)c3ccc(F)cc3)[C@@H]3C(=O)OC[C@@H]23)OCO4)cc(OC)c1-c1cc(F)ccc1C(=O)O. The van der Waals surface area contributed by atoms with Gasteiger partial charge < -0.3 is 34.1 Å². The van der Waals surface area contributed by atoms with Crippen LogP contribution in [-0.4, -0.2) is 50.6 Å². The molecule has 0 aromatic heterocycles. The van der Waals surface area contributed by atoms with Crippen LogP contribution in [0.2, 0.25) is 0 Å². The number of nitrogens with one attached hydrogen (secondary N) is 1. The first-order valence-corrected chi connectivity index (χ1v) is 14.6. The second-order valence-corrected chi connectivity index (χ2v) is 11.4. The number of rotatable bonds is 7. The van der Waals surface area contributed by atoms with E-state index in [4.69, 9.17) is 23.7 Å². The summed E-state index contributed by atoms with van der Waals surface area (Å²) in [6.07, 6.45) is 0. The van der Waals surface area contributed by atoms with E-state index in [9.17, 15) is 28.3 Å². The average molecular weight is 644 g/mol. The normalized spacial score (nSPS) is 20.6. The molecule has 0 unspecified atom stereocenters. The highest BCUT2D eigenvalue weighted by atomic mass is 19.1. The third-order valence-electron chi connectivity index (χ3n) is 8.95. The summed E-state index contributed by atoms with van der Waals surface area (Å²) in [5.74, 6) is -3.92. The van der Waals surface area contributed by atoms with E-state index in [1.54, 1.807) is 24.3 Å². The van der Waals surface area contributed by atoms with Gasteiger partial charge in [-0.3, -0.25) is 9.59 Å². The van der Waals surface area contributed by atoms with Crippen molar-refractivity contribution in [2.75, 3.05) is 27.6 Å². The Hall–Kier alpha value is -5.65. The van der Waals surface area contributed by atoms with Gasteiger partial charge in [0.2, 0.25) is 6.79 Å². The lowest BCUT2D eigenvalue weighted by Crippen LogP contribution is -2.43. The zero-order valence-electron chi connectivity index (χ0n) is 25.0. The van der Waals surface area contributed by atoms with Gasteiger partial charge in [-0.05, 0) is 83.4 Å². The minimum atomic E-state index is -1.26. The van der Waals surface area contributed by atoms with Crippen molar-refractivity contribution in [2.45, 2.75) is 12.0 Å². The zero-order valence-corrected chi connectivity index (χ0v) is 25.0. The number of hydrogen-bond acceptors (Lipinski definition) is 8. The highest BCUT2D eigenvalue weighted by molar-refractivity contribution is 5.98. The maximum Gasteiger partial charge on any atom is 0.336 e. The van der Waals surface area contributed by atoms with E-state index in [-0.39, 0.29) is 47.2 Å². The summed E-state index contributed by atoms with van der Waals surface area (Å²) >= 11 is 0. The molecule has 4 atom stereocenters. The number of aromatic carboxylic acids is 1. The number of benzene rings is 4. The average Bonchev–Trinajstić information content (AvgIpc) is 3.69. The van der Waals surface area contributed by atoms with Crippen LogP contribution in [0.3, 0.4) is 0 Å². The van der Waals surface area contributed by atoms with Gasteiger partial charge in [0.25, 0.3) is 5.91 Å². The number of amides is 1. The maximum atomic E-state index is 14.5. The smallest absolute Gasteiger partial charge is 0.336 e. The van der Waals surface area contributed by atoms with Gasteiger partial charge in [-0.25, -0.2) is 13.6 Å². The lowest BCUT2D eigenvalue weighted by Gasteiger charge is -2.39.